The Bertz CT molecular complexity index is 588. The van der Waals surface area contributed by atoms with Gasteiger partial charge in [-0.1, -0.05) is 13.3 Å². The smallest absolute Gasteiger partial charge is 0.184 e. The fourth-order valence-corrected chi connectivity index (χ4v) is 2.17. The number of ether oxygens (including phenoxy) is 1. The van der Waals surface area contributed by atoms with Crippen LogP contribution in [0.3, 0.4) is 0 Å². The van der Waals surface area contributed by atoms with Crippen LogP contribution >= 0.6 is 12.4 Å². The molecule has 3 N–H and O–H groups in total. The van der Waals surface area contributed by atoms with Crippen molar-refractivity contribution in [2.45, 2.75) is 32.3 Å². The minimum Gasteiger partial charge on any atom is -0.476 e. The van der Waals surface area contributed by atoms with Gasteiger partial charge in [0.05, 0.1) is 0 Å². The molecule has 1 atom stereocenters. The summed E-state index contributed by atoms with van der Waals surface area (Å²) in [5.74, 6) is 0.741. The van der Waals surface area contributed by atoms with Gasteiger partial charge in [-0.25, -0.2) is 0 Å². The van der Waals surface area contributed by atoms with Crippen molar-refractivity contribution < 1.29 is 4.74 Å². The summed E-state index contributed by atoms with van der Waals surface area (Å²) >= 11 is 0. The lowest BCUT2D eigenvalue weighted by Crippen LogP contribution is -2.13. The maximum atomic E-state index is 9.03. The largest absolute Gasteiger partial charge is 0.476 e. The molecule has 0 aliphatic carbocycles. The van der Waals surface area contributed by atoms with Crippen LogP contribution in [-0.4, -0.2) is 17.6 Å². The SMILES string of the molecule is CCCC(C#N)Oc1ccc2[nH]cc(CCN)c2c1.Cl. The van der Waals surface area contributed by atoms with Crippen molar-refractivity contribution in [1.29, 1.82) is 5.26 Å². The maximum Gasteiger partial charge on any atom is 0.184 e. The van der Waals surface area contributed by atoms with Crippen LogP contribution in [0, 0.1) is 11.3 Å². The fourth-order valence-electron chi connectivity index (χ4n) is 2.17. The first-order chi connectivity index (χ1) is 9.28. The van der Waals surface area contributed by atoms with Crippen LogP contribution in [0.1, 0.15) is 25.3 Å². The molecule has 0 spiro atoms. The van der Waals surface area contributed by atoms with Gasteiger partial charge in [-0.15, -0.1) is 12.4 Å². The van der Waals surface area contributed by atoms with Crippen molar-refractivity contribution in [3.63, 3.8) is 0 Å². The zero-order valence-corrected chi connectivity index (χ0v) is 12.4. The Kier molecular flexibility index (Phi) is 6.37. The molecule has 1 aromatic carbocycles. The van der Waals surface area contributed by atoms with Gasteiger partial charge >= 0.3 is 0 Å². The van der Waals surface area contributed by atoms with Crippen LogP contribution < -0.4 is 10.5 Å². The normalized spacial score (nSPS) is 11.7. The van der Waals surface area contributed by atoms with Gasteiger partial charge in [-0.2, -0.15) is 5.26 Å². The standard InChI is InChI=1S/C15H19N3O.ClH/c1-2-3-13(9-17)19-12-4-5-15-14(8-12)11(6-7-16)10-18-15;/h4-5,8,10,13,18H,2-3,6-7,16H2,1H3;1H. The monoisotopic (exact) mass is 293 g/mol. The van der Waals surface area contributed by atoms with E-state index in [1.54, 1.807) is 0 Å². The van der Waals surface area contributed by atoms with E-state index in [0.717, 1.165) is 35.9 Å². The number of nitrogens with one attached hydrogen (secondary N) is 1. The highest BCUT2D eigenvalue weighted by atomic mass is 35.5. The van der Waals surface area contributed by atoms with Crippen molar-refractivity contribution >= 4 is 23.3 Å². The van der Waals surface area contributed by atoms with Gasteiger partial charge in [-0.05, 0) is 43.1 Å². The van der Waals surface area contributed by atoms with E-state index in [1.807, 2.05) is 31.3 Å². The molecule has 0 saturated carbocycles. The number of benzene rings is 1. The highest BCUT2D eigenvalue weighted by Crippen LogP contribution is 2.25. The number of aromatic nitrogens is 1. The molecule has 0 bridgehead atoms. The number of H-pyrrole nitrogens is 1. The number of nitriles is 1. The van der Waals surface area contributed by atoms with Gasteiger partial charge in [0, 0.05) is 17.1 Å². The van der Waals surface area contributed by atoms with Crippen molar-refractivity contribution in [2.75, 3.05) is 6.54 Å². The number of hydrogen-bond acceptors (Lipinski definition) is 3. The molecule has 0 saturated heterocycles. The highest BCUT2D eigenvalue weighted by Gasteiger charge is 2.10. The summed E-state index contributed by atoms with van der Waals surface area (Å²) in [6, 6.07) is 8.04. The van der Waals surface area contributed by atoms with E-state index in [4.69, 9.17) is 15.7 Å². The third-order valence-electron chi connectivity index (χ3n) is 3.13. The van der Waals surface area contributed by atoms with Gasteiger partial charge < -0.3 is 15.5 Å². The Hall–Kier alpha value is -1.70. The number of fused-ring (bicyclic) bond motifs is 1. The van der Waals surface area contributed by atoms with Crippen LogP contribution in [0.5, 0.6) is 5.75 Å². The molecular formula is C15H20ClN3O. The lowest BCUT2D eigenvalue weighted by Gasteiger charge is -2.11. The molecule has 0 fully saturated rings. The number of rotatable bonds is 6. The zero-order valence-electron chi connectivity index (χ0n) is 11.6. The Morgan fingerprint density at radius 2 is 2.25 bits per heavy atom. The maximum absolute atomic E-state index is 9.03. The van der Waals surface area contributed by atoms with Gasteiger partial charge in [0.2, 0.25) is 0 Å². The van der Waals surface area contributed by atoms with Crippen molar-refractivity contribution in [1.82, 2.24) is 4.98 Å². The highest BCUT2D eigenvalue weighted by molar-refractivity contribution is 5.85. The summed E-state index contributed by atoms with van der Waals surface area (Å²) in [4.78, 5) is 3.22. The van der Waals surface area contributed by atoms with Crippen LogP contribution in [0.2, 0.25) is 0 Å². The second kappa shape index (κ2) is 7.78. The van der Waals surface area contributed by atoms with Gasteiger partial charge in [0.15, 0.2) is 6.10 Å². The second-order valence-corrected chi connectivity index (χ2v) is 4.58. The van der Waals surface area contributed by atoms with Crippen LogP contribution in [0.15, 0.2) is 24.4 Å². The Morgan fingerprint density at radius 3 is 2.90 bits per heavy atom. The summed E-state index contributed by atoms with van der Waals surface area (Å²) in [7, 11) is 0. The minimum absolute atomic E-state index is 0. The Balaban J connectivity index is 0.00000200. The van der Waals surface area contributed by atoms with Crippen molar-refractivity contribution in [3.8, 4) is 11.8 Å². The average molecular weight is 294 g/mol. The summed E-state index contributed by atoms with van der Waals surface area (Å²) in [6.45, 7) is 2.66. The molecule has 0 amide bonds. The molecular weight excluding hydrogens is 274 g/mol. The van der Waals surface area contributed by atoms with E-state index in [9.17, 15) is 0 Å². The van der Waals surface area contributed by atoms with E-state index in [-0.39, 0.29) is 18.5 Å². The van der Waals surface area contributed by atoms with E-state index in [2.05, 4.69) is 11.1 Å². The first-order valence-corrected chi connectivity index (χ1v) is 6.64. The van der Waals surface area contributed by atoms with E-state index in [0.29, 0.717) is 6.54 Å². The molecule has 2 rings (SSSR count). The summed E-state index contributed by atoms with van der Waals surface area (Å²) in [5, 5.41) is 10.2. The summed E-state index contributed by atoms with van der Waals surface area (Å²) < 4.78 is 5.71. The van der Waals surface area contributed by atoms with Crippen LogP contribution in [0.25, 0.3) is 10.9 Å². The lowest BCUT2D eigenvalue weighted by molar-refractivity contribution is 0.244. The molecule has 20 heavy (non-hydrogen) atoms. The first kappa shape index (κ1) is 16.4. The van der Waals surface area contributed by atoms with E-state index < -0.39 is 0 Å². The predicted molar refractivity (Wildman–Crippen MR) is 83.2 cm³/mol. The average Bonchev–Trinajstić information content (AvgIpc) is 2.81. The quantitative estimate of drug-likeness (QED) is 0.859. The first-order valence-electron chi connectivity index (χ1n) is 6.64. The summed E-state index contributed by atoms with van der Waals surface area (Å²) in [5.41, 5.74) is 7.86. The van der Waals surface area contributed by atoms with Crippen molar-refractivity contribution in [3.05, 3.63) is 30.0 Å². The molecule has 1 unspecified atom stereocenters. The Labute approximate surface area is 125 Å². The molecule has 1 heterocycles. The Morgan fingerprint density at radius 1 is 1.45 bits per heavy atom. The molecule has 108 valence electrons. The van der Waals surface area contributed by atoms with Gasteiger partial charge in [0.1, 0.15) is 11.8 Å². The molecule has 0 radical (unpaired) electrons. The van der Waals surface area contributed by atoms with Gasteiger partial charge in [-0.3, -0.25) is 0 Å². The number of halogens is 1. The lowest BCUT2D eigenvalue weighted by atomic mass is 10.1. The van der Waals surface area contributed by atoms with E-state index >= 15 is 0 Å². The van der Waals surface area contributed by atoms with Gasteiger partial charge in [0.25, 0.3) is 0 Å². The predicted octanol–water partition coefficient (Wildman–Crippen LogP) is 3.16. The van der Waals surface area contributed by atoms with Crippen LogP contribution in [-0.2, 0) is 6.42 Å². The van der Waals surface area contributed by atoms with Crippen LogP contribution in [0.4, 0.5) is 0 Å². The van der Waals surface area contributed by atoms with E-state index in [1.165, 1.54) is 5.56 Å². The zero-order chi connectivity index (χ0) is 13.7. The summed E-state index contributed by atoms with van der Waals surface area (Å²) in [6.07, 6.45) is 4.12. The molecule has 2 aromatic rings. The number of hydrogen-bond donors (Lipinski definition) is 2. The molecule has 4 nitrogen and oxygen atoms in total. The third kappa shape index (κ3) is 3.66. The topological polar surface area (TPSA) is 74.8 Å². The molecule has 5 heteroatoms. The molecule has 0 aliphatic heterocycles. The molecule has 0 aliphatic rings. The second-order valence-electron chi connectivity index (χ2n) is 4.58. The minimum atomic E-state index is -0.376. The molecule has 1 aromatic heterocycles. The number of nitrogens with zero attached hydrogens (tertiary/aromatic N) is 1. The number of nitrogens with two attached hydrogens (primary N) is 1. The number of aromatic amines is 1. The van der Waals surface area contributed by atoms with Crippen molar-refractivity contribution in [2.24, 2.45) is 5.73 Å². The fraction of sp³-hybridized carbons (Fsp3) is 0.400. The third-order valence-corrected chi connectivity index (χ3v) is 3.13.